The third kappa shape index (κ3) is 9.33. The Balaban J connectivity index is 0.813. The molecule has 0 spiro atoms. The fourth-order valence-corrected chi connectivity index (χ4v) is 7.56. The summed E-state index contributed by atoms with van der Waals surface area (Å²) in [5.41, 5.74) is 9.54. The van der Waals surface area contributed by atoms with Crippen molar-refractivity contribution in [3.8, 4) is 11.4 Å². The Morgan fingerprint density at radius 2 is 1.56 bits per heavy atom. The first-order chi connectivity index (χ1) is 29.5. The van der Waals surface area contributed by atoms with E-state index in [2.05, 4.69) is 25.0 Å². The number of anilines is 2. The maximum absolute atomic E-state index is 14.9. The number of hydrogen-bond donors (Lipinski definition) is 1. The van der Waals surface area contributed by atoms with Gasteiger partial charge in [0.2, 0.25) is 5.79 Å². The molecular formula is C44H47F2N9O6. The monoisotopic (exact) mass is 835 g/mol. The number of halogens is 2. The lowest BCUT2D eigenvalue weighted by atomic mass is 10.0. The fraction of sp³-hybridized carbons (Fsp3) is 0.341. The first kappa shape index (κ1) is 41.3. The highest BCUT2D eigenvalue weighted by atomic mass is 19.1. The number of ether oxygens (including phenoxy) is 4. The molecule has 2 aromatic heterocycles. The van der Waals surface area contributed by atoms with Crippen LogP contribution in [0.1, 0.15) is 31.0 Å². The van der Waals surface area contributed by atoms with Crippen LogP contribution in [0.4, 0.5) is 20.2 Å². The number of esters is 1. The molecule has 6 aromatic rings. The lowest BCUT2D eigenvalue weighted by molar-refractivity contribution is -0.192. The van der Waals surface area contributed by atoms with Crippen molar-refractivity contribution in [1.29, 1.82) is 0 Å². The van der Waals surface area contributed by atoms with Gasteiger partial charge >= 0.3 is 11.7 Å². The Labute approximate surface area is 350 Å². The van der Waals surface area contributed by atoms with Crippen LogP contribution in [-0.2, 0) is 37.8 Å². The maximum Gasteiger partial charge on any atom is 0.350 e. The Hall–Kier alpha value is -6.43. The SMILES string of the molecule is C[C@H](OC(=O)[C@@H](N)Cc1ccccc1)[C@H](C)n1ncn(-c2ccc(N3CCN(c4ccc(OC[C@@H]5CO[C@@](Cn6cncn6)(c6ccc(F)cc6F)O5)cc4)CC3)cc2)c1=O. The van der Waals surface area contributed by atoms with Gasteiger partial charge < -0.3 is 34.5 Å². The van der Waals surface area contributed by atoms with Gasteiger partial charge in [-0.3, -0.25) is 4.79 Å². The number of hydrogen-bond acceptors (Lipinski definition) is 12. The summed E-state index contributed by atoms with van der Waals surface area (Å²) in [5.74, 6) is -2.91. The summed E-state index contributed by atoms with van der Waals surface area (Å²) in [5, 5.41) is 8.44. The first-order valence-corrected chi connectivity index (χ1v) is 20.1. The second-order valence-corrected chi connectivity index (χ2v) is 15.2. The van der Waals surface area contributed by atoms with Gasteiger partial charge in [-0.05, 0) is 86.5 Å². The smallest absolute Gasteiger partial charge is 0.350 e. The average Bonchev–Trinajstić information content (AvgIpc) is 4.04. The highest BCUT2D eigenvalue weighted by molar-refractivity contribution is 5.76. The fourth-order valence-electron chi connectivity index (χ4n) is 7.56. The number of nitrogens with two attached hydrogens (primary N) is 1. The van der Waals surface area contributed by atoms with Gasteiger partial charge in [0.25, 0.3) is 0 Å². The van der Waals surface area contributed by atoms with Gasteiger partial charge in [-0.2, -0.15) is 10.2 Å². The van der Waals surface area contributed by atoms with E-state index < -0.39 is 47.7 Å². The summed E-state index contributed by atoms with van der Waals surface area (Å²) in [6, 6.07) is 27.0. The zero-order chi connectivity index (χ0) is 42.5. The molecule has 0 unspecified atom stereocenters. The summed E-state index contributed by atoms with van der Waals surface area (Å²) < 4.78 is 56.9. The second-order valence-electron chi connectivity index (χ2n) is 15.2. The molecule has 17 heteroatoms. The van der Waals surface area contributed by atoms with Crippen LogP contribution >= 0.6 is 0 Å². The molecule has 2 aliphatic rings. The standard InChI is InChI=1S/C44H47F2N9O6/c1-30(31(2)60-42(56)41(47)22-32-6-4-3-5-7-32)55-43(57)54(29-50-55)36-11-9-34(10-12-36)51-18-20-52(21-19-51)35-13-15-37(16-14-35)58-24-38-25-59-44(61-38,26-53-28-48-27-49-53)39-17-8-33(45)23-40(39)46/h3-17,23,27-31,38,41H,18-22,24-26,47H2,1-2H3/t30-,31-,38+,41-,44+/m0/s1. The third-order valence-corrected chi connectivity index (χ3v) is 11.1. The van der Waals surface area contributed by atoms with Crippen LogP contribution in [0.15, 0.2) is 121 Å². The lowest BCUT2D eigenvalue weighted by Crippen LogP contribution is -2.46. The number of aromatic nitrogens is 6. The van der Waals surface area contributed by atoms with Gasteiger partial charge in [0.05, 0.1) is 18.3 Å². The summed E-state index contributed by atoms with van der Waals surface area (Å²) in [4.78, 5) is 34.7. The van der Waals surface area contributed by atoms with E-state index in [0.29, 0.717) is 17.9 Å². The minimum absolute atomic E-state index is 0.0156. The zero-order valence-electron chi connectivity index (χ0n) is 33.8. The van der Waals surface area contributed by atoms with Gasteiger partial charge in [-0.15, -0.1) is 0 Å². The van der Waals surface area contributed by atoms with Crippen molar-refractivity contribution in [2.45, 2.75) is 56.9 Å². The molecule has 0 saturated carbocycles. The van der Waals surface area contributed by atoms with Gasteiger partial charge in [-0.25, -0.2) is 32.5 Å². The quantitative estimate of drug-likeness (QED) is 0.143. The van der Waals surface area contributed by atoms with E-state index in [4.69, 9.17) is 24.7 Å². The van der Waals surface area contributed by atoms with Crippen molar-refractivity contribution in [2.75, 3.05) is 49.2 Å². The number of carbonyl (C=O) groups excluding carboxylic acids is 1. The topological polar surface area (TPSA) is 157 Å². The average molecular weight is 836 g/mol. The lowest BCUT2D eigenvalue weighted by Gasteiger charge is -2.37. The van der Waals surface area contributed by atoms with E-state index >= 15 is 0 Å². The van der Waals surface area contributed by atoms with Crippen molar-refractivity contribution < 1.29 is 32.5 Å². The van der Waals surface area contributed by atoms with Gasteiger partial charge in [0, 0.05) is 49.2 Å². The van der Waals surface area contributed by atoms with Crippen LogP contribution in [-0.4, -0.2) is 92.7 Å². The third-order valence-electron chi connectivity index (χ3n) is 11.1. The van der Waals surface area contributed by atoms with Crippen LogP contribution < -0.4 is 26.0 Å². The largest absolute Gasteiger partial charge is 0.491 e. The Morgan fingerprint density at radius 1 is 0.885 bits per heavy atom. The van der Waals surface area contributed by atoms with E-state index in [1.165, 1.54) is 45.0 Å². The van der Waals surface area contributed by atoms with Crippen LogP contribution in [0.3, 0.4) is 0 Å². The normalized spacial score (nSPS) is 19.4. The van der Waals surface area contributed by atoms with Crippen LogP contribution in [0.5, 0.6) is 5.75 Å². The molecule has 0 bridgehead atoms. The number of carbonyl (C=O) groups is 1. The zero-order valence-corrected chi connectivity index (χ0v) is 33.8. The molecule has 8 rings (SSSR count). The van der Waals surface area contributed by atoms with Crippen LogP contribution in [0.2, 0.25) is 0 Å². The predicted octanol–water partition coefficient (Wildman–Crippen LogP) is 4.64. The Morgan fingerprint density at radius 3 is 2.21 bits per heavy atom. The minimum atomic E-state index is -1.53. The molecule has 2 saturated heterocycles. The van der Waals surface area contributed by atoms with Gasteiger partial charge in [0.1, 0.15) is 67.8 Å². The van der Waals surface area contributed by atoms with Crippen LogP contribution in [0, 0.1) is 11.6 Å². The van der Waals surface area contributed by atoms with Crippen molar-refractivity contribution in [3.63, 3.8) is 0 Å². The van der Waals surface area contributed by atoms with E-state index in [0.717, 1.165) is 49.2 Å². The molecule has 318 valence electrons. The van der Waals surface area contributed by atoms with E-state index in [1.807, 2.05) is 78.9 Å². The molecule has 2 fully saturated rings. The van der Waals surface area contributed by atoms with Crippen LogP contribution in [0.25, 0.3) is 5.69 Å². The predicted molar refractivity (Wildman–Crippen MR) is 221 cm³/mol. The number of rotatable bonds is 15. The molecule has 0 aliphatic carbocycles. The summed E-state index contributed by atoms with van der Waals surface area (Å²) in [6.45, 7) is 6.99. The maximum atomic E-state index is 14.9. The summed E-state index contributed by atoms with van der Waals surface area (Å²) in [6.07, 6.45) is 3.49. The minimum Gasteiger partial charge on any atom is -0.491 e. The molecule has 2 aliphatic heterocycles. The summed E-state index contributed by atoms with van der Waals surface area (Å²) >= 11 is 0. The Kier molecular flexibility index (Phi) is 12.2. The second kappa shape index (κ2) is 18.0. The molecule has 2 N–H and O–H groups in total. The first-order valence-electron chi connectivity index (χ1n) is 20.1. The highest BCUT2D eigenvalue weighted by Gasteiger charge is 2.46. The van der Waals surface area contributed by atoms with Crippen molar-refractivity contribution in [1.82, 2.24) is 29.1 Å². The molecule has 4 aromatic carbocycles. The van der Waals surface area contributed by atoms with Gasteiger partial charge in [0.15, 0.2) is 0 Å². The van der Waals surface area contributed by atoms with Crippen molar-refractivity contribution in [2.24, 2.45) is 5.73 Å². The summed E-state index contributed by atoms with van der Waals surface area (Å²) in [7, 11) is 0. The molecular weight excluding hydrogens is 789 g/mol. The van der Waals surface area contributed by atoms with Gasteiger partial charge in [-0.1, -0.05) is 30.3 Å². The van der Waals surface area contributed by atoms with Crippen molar-refractivity contribution >= 4 is 17.3 Å². The number of piperazine rings is 1. The molecule has 15 nitrogen and oxygen atoms in total. The number of benzene rings is 4. The molecule has 5 atom stereocenters. The molecule has 61 heavy (non-hydrogen) atoms. The highest BCUT2D eigenvalue weighted by Crippen LogP contribution is 2.38. The Bertz CT molecular complexity index is 2440. The number of nitrogens with zero attached hydrogens (tertiary/aromatic N) is 8. The van der Waals surface area contributed by atoms with E-state index in [-0.39, 0.29) is 31.0 Å². The van der Waals surface area contributed by atoms with E-state index in [9.17, 15) is 18.4 Å². The molecule has 0 amide bonds. The van der Waals surface area contributed by atoms with Crippen molar-refractivity contribution in [3.05, 3.63) is 149 Å². The molecule has 4 heterocycles. The van der Waals surface area contributed by atoms with E-state index in [1.54, 1.807) is 13.8 Å². The molecule has 0 radical (unpaired) electrons.